The number of hydrogen-bond donors (Lipinski definition) is 2. The summed E-state index contributed by atoms with van der Waals surface area (Å²) in [5.74, 6) is -5.47. The molecule has 1 aliphatic rings. The van der Waals surface area contributed by atoms with E-state index in [1.54, 1.807) is 0 Å². The number of carboxylic acid groups (broad SMARTS) is 1. The molecular weight excluding hydrogens is 424 g/mol. The zero-order valence-electron chi connectivity index (χ0n) is 18.2. The molecule has 1 aromatic carbocycles. The van der Waals surface area contributed by atoms with Gasteiger partial charge in [0.05, 0.1) is 31.1 Å². The van der Waals surface area contributed by atoms with E-state index in [1.165, 1.54) is 43.5 Å². The normalized spacial score (nSPS) is 16.2. The molecule has 1 unspecified atom stereocenters. The Balaban J connectivity index is 2.05. The minimum atomic E-state index is -3.58. The summed E-state index contributed by atoms with van der Waals surface area (Å²) in [5.41, 5.74) is 0.611. The number of halogens is 2. The summed E-state index contributed by atoms with van der Waals surface area (Å²) >= 11 is 0. The van der Waals surface area contributed by atoms with Gasteiger partial charge >= 0.3 is 11.9 Å². The van der Waals surface area contributed by atoms with Crippen molar-refractivity contribution in [1.29, 1.82) is 0 Å². The lowest BCUT2D eigenvalue weighted by Crippen LogP contribution is -2.48. The number of fused-ring (bicyclic) bond motifs is 1. The van der Waals surface area contributed by atoms with Crippen molar-refractivity contribution in [2.24, 2.45) is 0 Å². The SMILES string of the molecule is CCCC(C)N1CC(F)(F)C(=O)N(C)c2cnc(Nc3ccc(C(=O)O)cc3OC)nc21. The first-order chi connectivity index (χ1) is 15.1. The maximum atomic E-state index is 14.6. The number of carboxylic acids is 1. The summed E-state index contributed by atoms with van der Waals surface area (Å²) in [4.78, 5) is 34.4. The van der Waals surface area contributed by atoms with Crippen LogP contribution in [0.3, 0.4) is 0 Å². The average Bonchev–Trinajstić information content (AvgIpc) is 2.83. The molecule has 1 aromatic heterocycles. The molecule has 2 heterocycles. The highest BCUT2D eigenvalue weighted by Crippen LogP contribution is 2.38. The smallest absolute Gasteiger partial charge is 0.342 e. The second-order valence-electron chi connectivity index (χ2n) is 7.58. The highest BCUT2D eigenvalue weighted by atomic mass is 19.3. The second-order valence-corrected chi connectivity index (χ2v) is 7.58. The zero-order valence-corrected chi connectivity index (χ0v) is 18.2. The van der Waals surface area contributed by atoms with Crippen LogP contribution < -0.4 is 19.9 Å². The maximum Gasteiger partial charge on any atom is 0.342 e. The zero-order chi connectivity index (χ0) is 23.6. The molecule has 0 aliphatic carbocycles. The van der Waals surface area contributed by atoms with Crippen LogP contribution >= 0.6 is 0 Å². The van der Waals surface area contributed by atoms with Crippen molar-refractivity contribution >= 4 is 35.0 Å². The van der Waals surface area contributed by atoms with E-state index in [2.05, 4.69) is 15.3 Å². The summed E-state index contributed by atoms with van der Waals surface area (Å²) in [6, 6.07) is 3.94. The van der Waals surface area contributed by atoms with E-state index in [4.69, 9.17) is 9.84 Å². The number of carbonyl (C=O) groups excluding carboxylic acids is 1. The number of carbonyl (C=O) groups is 2. The number of rotatable bonds is 7. The molecule has 11 heteroatoms. The van der Waals surface area contributed by atoms with Crippen molar-refractivity contribution in [1.82, 2.24) is 9.97 Å². The van der Waals surface area contributed by atoms with E-state index < -0.39 is 24.3 Å². The Hall–Kier alpha value is -3.50. The third kappa shape index (κ3) is 4.41. The van der Waals surface area contributed by atoms with Gasteiger partial charge < -0.3 is 25.0 Å². The van der Waals surface area contributed by atoms with Crippen LogP contribution in [0.1, 0.15) is 37.0 Å². The van der Waals surface area contributed by atoms with Gasteiger partial charge in [0.25, 0.3) is 5.91 Å². The Morgan fingerprint density at radius 2 is 2.12 bits per heavy atom. The van der Waals surface area contributed by atoms with Gasteiger partial charge in [-0.05, 0) is 31.5 Å². The summed E-state index contributed by atoms with van der Waals surface area (Å²) in [6.07, 6.45) is 2.71. The number of alkyl halides is 2. The van der Waals surface area contributed by atoms with E-state index in [1.807, 2.05) is 13.8 Å². The molecule has 0 saturated carbocycles. The maximum absolute atomic E-state index is 14.6. The summed E-state index contributed by atoms with van der Waals surface area (Å²) in [6.45, 7) is 2.96. The fraction of sp³-hybridized carbons (Fsp3) is 0.429. The van der Waals surface area contributed by atoms with Crippen LogP contribution in [0.25, 0.3) is 0 Å². The number of methoxy groups -OCH3 is 1. The van der Waals surface area contributed by atoms with E-state index in [-0.39, 0.29) is 34.8 Å². The number of anilines is 4. The highest BCUT2D eigenvalue weighted by Gasteiger charge is 2.48. The van der Waals surface area contributed by atoms with Crippen LogP contribution in [0.4, 0.5) is 31.9 Å². The summed E-state index contributed by atoms with van der Waals surface area (Å²) < 4.78 is 34.5. The molecule has 172 valence electrons. The lowest BCUT2D eigenvalue weighted by molar-refractivity contribution is -0.140. The molecule has 32 heavy (non-hydrogen) atoms. The lowest BCUT2D eigenvalue weighted by atomic mass is 10.1. The molecule has 0 saturated heterocycles. The predicted molar refractivity (Wildman–Crippen MR) is 115 cm³/mol. The number of amides is 1. The van der Waals surface area contributed by atoms with Crippen LogP contribution in [0.2, 0.25) is 0 Å². The molecular formula is C21H25F2N5O4. The Bertz CT molecular complexity index is 1030. The second kappa shape index (κ2) is 8.93. The molecule has 0 fully saturated rings. The first-order valence-corrected chi connectivity index (χ1v) is 10.1. The monoisotopic (exact) mass is 449 g/mol. The van der Waals surface area contributed by atoms with Gasteiger partial charge in [-0.25, -0.2) is 9.78 Å². The van der Waals surface area contributed by atoms with Gasteiger partial charge in [0.2, 0.25) is 5.95 Å². The predicted octanol–water partition coefficient (Wildman–Crippen LogP) is 3.53. The van der Waals surface area contributed by atoms with Crippen molar-refractivity contribution in [2.75, 3.05) is 35.8 Å². The van der Waals surface area contributed by atoms with Crippen LogP contribution in [0.5, 0.6) is 5.75 Å². The van der Waals surface area contributed by atoms with Crippen molar-refractivity contribution in [2.45, 2.75) is 38.7 Å². The number of aromatic carboxylic acids is 1. The van der Waals surface area contributed by atoms with Gasteiger partial charge in [0.15, 0.2) is 5.82 Å². The van der Waals surface area contributed by atoms with Gasteiger partial charge in [0, 0.05) is 13.1 Å². The number of aromatic nitrogens is 2. The molecule has 2 aromatic rings. The van der Waals surface area contributed by atoms with Crippen LogP contribution in [-0.2, 0) is 4.79 Å². The van der Waals surface area contributed by atoms with Gasteiger partial charge in [-0.1, -0.05) is 13.3 Å². The van der Waals surface area contributed by atoms with Crippen LogP contribution in [0, 0.1) is 0 Å². The van der Waals surface area contributed by atoms with Gasteiger partial charge in [-0.3, -0.25) is 4.79 Å². The molecule has 9 nitrogen and oxygen atoms in total. The van der Waals surface area contributed by atoms with Crippen molar-refractivity contribution in [3.05, 3.63) is 30.0 Å². The minimum absolute atomic E-state index is 0.0391. The fourth-order valence-electron chi connectivity index (χ4n) is 3.57. The summed E-state index contributed by atoms with van der Waals surface area (Å²) in [7, 11) is 2.66. The molecule has 3 rings (SSSR count). The quantitative estimate of drug-likeness (QED) is 0.661. The van der Waals surface area contributed by atoms with Crippen molar-refractivity contribution < 1.29 is 28.2 Å². The van der Waals surface area contributed by atoms with Crippen molar-refractivity contribution in [3.63, 3.8) is 0 Å². The van der Waals surface area contributed by atoms with Crippen LogP contribution in [0.15, 0.2) is 24.4 Å². The van der Waals surface area contributed by atoms with E-state index >= 15 is 0 Å². The third-order valence-electron chi connectivity index (χ3n) is 5.30. The topological polar surface area (TPSA) is 108 Å². The molecule has 0 spiro atoms. The number of benzene rings is 1. The Kier molecular flexibility index (Phi) is 6.47. The van der Waals surface area contributed by atoms with Crippen LogP contribution in [-0.4, -0.2) is 59.6 Å². The van der Waals surface area contributed by atoms with E-state index in [0.29, 0.717) is 12.1 Å². The number of ether oxygens (including phenoxy) is 1. The van der Waals surface area contributed by atoms with Gasteiger partial charge in [-0.15, -0.1) is 0 Å². The van der Waals surface area contributed by atoms with E-state index in [0.717, 1.165) is 11.3 Å². The molecule has 1 amide bonds. The highest BCUT2D eigenvalue weighted by molar-refractivity contribution is 6.02. The molecule has 0 radical (unpaired) electrons. The minimum Gasteiger partial charge on any atom is -0.495 e. The average molecular weight is 449 g/mol. The third-order valence-corrected chi connectivity index (χ3v) is 5.30. The van der Waals surface area contributed by atoms with Crippen molar-refractivity contribution in [3.8, 4) is 5.75 Å². The number of hydrogen-bond acceptors (Lipinski definition) is 7. The summed E-state index contributed by atoms with van der Waals surface area (Å²) in [5, 5.41) is 12.1. The lowest BCUT2D eigenvalue weighted by Gasteiger charge is -2.31. The molecule has 2 N–H and O–H groups in total. The molecule has 1 aliphatic heterocycles. The Labute approximate surface area is 184 Å². The van der Waals surface area contributed by atoms with Gasteiger partial charge in [0.1, 0.15) is 11.4 Å². The molecule has 1 atom stereocenters. The first-order valence-electron chi connectivity index (χ1n) is 10.1. The number of nitrogens with zero attached hydrogens (tertiary/aromatic N) is 4. The van der Waals surface area contributed by atoms with E-state index in [9.17, 15) is 18.4 Å². The largest absolute Gasteiger partial charge is 0.495 e. The fourth-order valence-corrected chi connectivity index (χ4v) is 3.57. The number of nitrogens with one attached hydrogen (secondary N) is 1. The Morgan fingerprint density at radius 1 is 1.41 bits per heavy atom. The standard InChI is InChI=1S/C21H25F2N5O4/c1-5-6-12(2)28-11-21(22,23)19(31)27(3)15-10-24-20(26-17(15)28)25-14-8-7-13(18(29)30)9-16(14)32-4/h7-10,12H,5-6,11H2,1-4H3,(H,29,30)(H,24,25,26). The molecule has 0 bridgehead atoms. The van der Waals surface area contributed by atoms with Gasteiger partial charge in [-0.2, -0.15) is 13.8 Å². The first kappa shape index (κ1) is 23.2. The Morgan fingerprint density at radius 3 is 2.75 bits per heavy atom.